The minimum absolute atomic E-state index is 0.508. The summed E-state index contributed by atoms with van der Waals surface area (Å²) in [6.45, 7) is 7.82. The van der Waals surface area contributed by atoms with Crippen molar-refractivity contribution in [3.8, 4) is 5.75 Å². The molecule has 0 spiro atoms. The van der Waals surface area contributed by atoms with Crippen LogP contribution in [-0.2, 0) is 6.42 Å². The molecule has 0 aromatic heterocycles. The molecular formula is C17H27NO. The molecule has 0 amide bonds. The number of nitrogens with one attached hydrogen (secondary N) is 1. The fourth-order valence-electron chi connectivity index (χ4n) is 3.19. The van der Waals surface area contributed by atoms with Crippen molar-refractivity contribution in [1.29, 1.82) is 0 Å². The molecule has 1 atom stereocenters. The highest BCUT2D eigenvalue weighted by molar-refractivity contribution is 5.48. The first-order valence-corrected chi connectivity index (χ1v) is 7.53. The van der Waals surface area contributed by atoms with Crippen LogP contribution in [0.2, 0.25) is 0 Å². The normalized spacial score (nSPS) is 19.7. The molecule has 2 rings (SSSR count). The van der Waals surface area contributed by atoms with Gasteiger partial charge in [-0.2, -0.15) is 0 Å². The summed E-state index contributed by atoms with van der Waals surface area (Å²) in [5, 5.41) is 3.64. The Morgan fingerprint density at radius 2 is 2.11 bits per heavy atom. The number of piperidine rings is 1. The summed E-state index contributed by atoms with van der Waals surface area (Å²) in [7, 11) is 1.79. The first-order valence-electron chi connectivity index (χ1n) is 7.53. The van der Waals surface area contributed by atoms with E-state index in [4.69, 9.17) is 4.74 Å². The fraction of sp³-hybridized carbons (Fsp3) is 0.647. The molecule has 0 radical (unpaired) electrons. The van der Waals surface area contributed by atoms with Gasteiger partial charge in [0.05, 0.1) is 7.11 Å². The number of rotatable bonds is 4. The third-order valence-corrected chi connectivity index (χ3v) is 4.14. The first-order chi connectivity index (χ1) is 9.13. The number of aryl methyl sites for hydroxylation is 1. The molecular weight excluding hydrogens is 234 g/mol. The van der Waals surface area contributed by atoms with Gasteiger partial charge in [0.1, 0.15) is 5.75 Å². The molecule has 106 valence electrons. The number of methoxy groups -OCH3 is 1. The lowest BCUT2D eigenvalue weighted by molar-refractivity contribution is 0.391. The van der Waals surface area contributed by atoms with Crippen LogP contribution >= 0.6 is 0 Å². The molecule has 1 N–H and O–H groups in total. The maximum Gasteiger partial charge on any atom is 0.125 e. The van der Waals surface area contributed by atoms with Crippen molar-refractivity contribution >= 4 is 0 Å². The van der Waals surface area contributed by atoms with Crippen molar-refractivity contribution in [3.05, 3.63) is 28.8 Å². The van der Waals surface area contributed by atoms with Crippen LogP contribution in [0.1, 0.15) is 55.7 Å². The lowest BCUT2D eigenvalue weighted by atomic mass is 9.88. The summed E-state index contributed by atoms with van der Waals surface area (Å²) in [5.74, 6) is 1.59. The Kier molecular flexibility index (Phi) is 4.87. The van der Waals surface area contributed by atoms with Crippen molar-refractivity contribution in [2.24, 2.45) is 0 Å². The molecule has 1 aliphatic heterocycles. The van der Waals surface area contributed by atoms with Crippen molar-refractivity contribution in [2.45, 2.75) is 58.4 Å². The van der Waals surface area contributed by atoms with Gasteiger partial charge in [0.2, 0.25) is 0 Å². The van der Waals surface area contributed by atoms with Crippen LogP contribution in [0, 0.1) is 6.92 Å². The van der Waals surface area contributed by atoms with Crippen molar-refractivity contribution < 1.29 is 4.74 Å². The lowest BCUT2D eigenvalue weighted by Gasteiger charge is -2.26. The van der Waals surface area contributed by atoms with Gasteiger partial charge in [-0.05, 0) is 49.8 Å². The zero-order chi connectivity index (χ0) is 13.8. The topological polar surface area (TPSA) is 21.3 Å². The van der Waals surface area contributed by atoms with Gasteiger partial charge in [-0.25, -0.2) is 0 Å². The maximum absolute atomic E-state index is 5.65. The Balaban J connectivity index is 2.28. The minimum Gasteiger partial charge on any atom is -0.496 e. The van der Waals surface area contributed by atoms with E-state index in [-0.39, 0.29) is 0 Å². The highest BCUT2D eigenvalue weighted by Crippen LogP contribution is 2.34. The van der Waals surface area contributed by atoms with Gasteiger partial charge in [0, 0.05) is 11.6 Å². The summed E-state index contributed by atoms with van der Waals surface area (Å²) in [5.41, 5.74) is 4.10. The zero-order valence-corrected chi connectivity index (χ0v) is 12.8. The van der Waals surface area contributed by atoms with Crippen LogP contribution in [0.4, 0.5) is 0 Å². The Morgan fingerprint density at radius 1 is 1.32 bits per heavy atom. The van der Waals surface area contributed by atoms with Crippen molar-refractivity contribution in [3.63, 3.8) is 0 Å². The van der Waals surface area contributed by atoms with Crippen LogP contribution < -0.4 is 10.1 Å². The molecule has 1 fully saturated rings. The summed E-state index contributed by atoms with van der Waals surface area (Å²) < 4.78 is 5.65. The Hall–Kier alpha value is -1.02. The zero-order valence-electron chi connectivity index (χ0n) is 12.8. The van der Waals surface area contributed by atoms with Gasteiger partial charge in [0.25, 0.3) is 0 Å². The average molecular weight is 261 g/mol. The van der Waals surface area contributed by atoms with Gasteiger partial charge in [-0.1, -0.05) is 32.4 Å². The van der Waals surface area contributed by atoms with E-state index >= 15 is 0 Å². The third-order valence-electron chi connectivity index (χ3n) is 4.14. The van der Waals surface area contributed by atoms with E-state index in [1.54, 1.807) is 7.11 Å². The largest absolute Gasteiger partial charge is 0.496 e. The molecule has 1 aromatic carbocycles. The van der Waals surface area contributed by atoms with Crippen LogP contribution in [0.25, 0.3) is 0 Å². The van der Waals surface area contributed by atoms with E-state index < -0.39 is 0 Å². The Labute approximate surface area is 117 Å². The second-order valence-electron chi connectivity index (χ2n) is 5.99. The van der Waals surface area contributed by atoms with Crippen molar-refractivity contribution in [1.82, 2.24) is 5.32 Å². The summed E-state index contributed by atoms with van der Waals surface area (Å²) in [4.78, 5) is 0. The van der Waals surface area contributed by atoms with Crippen LogP contribution in [0.15, 0.2) is 12.1 Å². The Morgan fingerprint density at radius 3 is 2.68 bits per heavy atom. The molecule has 2 nitrogen and oxygen atoms in total. The van der Waals surface area contributed by atoms with E-state index in [2.05, 4.69) is 38.2 Å². The summed E-state index contributed by atoms with van der Waals surface area (Å²) in [6, 6.07) is 5.13. The van der Waals surface area contributed by atoms with Crippen LogP contribution in [-0.4, -0.2) is 19.7 Å². The molecule has 0 aliphatic carbocycles. The molecule has 19 heavy (non-hydrogen) atoms. The predicted octanol–water partition coefficient (Wildman–Crippen LogP) is 3.81. The Bertz CT molecular complexity index is 420. The monoisotopic (exact) mass is 261 g/mol. The summed E-state index contributed by atoms with van der Waals surface area (Å²) in [6.07, 6.45) is 5.11. The van der Waals surface area contributed by atoms with Gasteiger partial charge in [0.15, 0.2) is 0 Å². The molecule has 2 heteroatoms. The summed E-state index contributed by atoms with van der Waals surface area (Å²) >= 11 is 0. The average Bonchev–Trinajstić information content (AvgIpc) is 2.41. The highest BCUT2D eigenvalue weighted by atomic mass is 16.5. The SMILES string of the molecule is COc1c(C)ccc(CC2CCCCN2)c1C(C)C. The van der Waals surface area contributed by atoms with Gasteiger partial charge in [-0.3, -0.25) is 0 Å². The van der Waals surface area contributed by atoms with Crippen LogP contribution in [0.5, 0.6) is 5.75 Å². The highest BCUT2D eigenvalue weighted by Gasteiger charge is 2.19. The molecule has 0 bridgehead atoms. The standard InChI is InChI=1S/C17H27NO/c1-12(2)16-14(9-8-13(3)17(16)19-4)11-15-7-5-6-10-18-15/h8-9,12,15,18H,5-7,10-11H2,1-4H3. The molecule has 0 saturated carbocycles. The van der Waals surface area contributed by atoms with E-state index in [0.29, 0.717) is 12.0 Å². The molecule has 1 aromatic rings. The van der Waals surface area contributed by atoms with E-state index in [1.807, 2.05) is 0 Å². The van der Waals surface area contributed by atoms with E-state index in [1.165, 1.54) is 42.5 Å². The predicted molar refractivity (Wildman–Crippen MR) is 81.2 cm³/mol. The van der Waals surface area contributed by atoms with Gasteiger partial charge in [-0.15, -0.1) is 0 Å². The number of hydrogen-bond acceptors (Lipinski definition) is 2. The molecule has 1 unspecified atom stereocenters. The quantitative estimate of drug-likeness (QED) is 0.890. The first kappa shape index (κ1) is 14.4. The molecule has 1 heterocycles. The van der Waals surface area contributed by atoms with E-state index in [0.717, 1.165) is 12.2 Å². The van der Waals surface area contributed by atoms with Crippen LogP contribution in [0.3, 0.4) is 0 Å². The van der Waals surface area contributed by atoms with Crippen molar-refractivity contribution in [2.75, 3.05) is 13.7 Å². The molecule has 1 saturated heterocycles. The smallest absolute Gasteiger partial charge is 0.125 e. The number of ether oxygens (including phenoxy) is 1. The van der Waals surface area contributed by atoms with Gasteiger partial charge < -0.3 is 10.1 Å². The molecule has 1 aliphatic rings. The van der Waals surface area contributed by atoms with E-state index in [9.17, 15) is 0 Å². The second-order valence-corrected chi connectivity index (χ2v) is 5.99. The number of hydrogen-bond donors (Lipinski definition) is 1. The third kappa shape index (κ3) is 3.30. The fourth-order valence-corrected chi connectivity index (χ4v) is 3.19. The lowest BCUT2D eigenvalue weighted by Crippen LogP contribution is -2.35. The maximum atomic E-state index is 5.65. The second kappa shape index (κ2) is 6.42. The number of benzene rings is 1. The minimum atomic E-state index is 0.508. The van der Waals surface area contributed by atoms with Gasteiger partial charge >= 0.3 is 0 Å².